The molecule has 0 aliphatic rings. The van der Waals surface area contributed by atoms with Gasteiger partial charge in [-0.15, -0.1) is 10.2 Å². The van der Waals surface area contributed by atoms with Gasteiger partial charge >= 0.3 is 0 Å². The van der Waals surface area contributed by atoms with E-state index in [2.05, 4.69) is 43.4 Å². The number of azo groups is 2. The van der Waals surface area contributed by atoms with E-state index in [1.807, 2.05) is 0 Å². The maximum atomic E-state index is 12.3. The summed E-state index contributed by atoms with van der Waals surface area (Å²) in [4.78, 5) is 5.89. The number of nitrogens with one attached hydrogen (secondary N) is 1. The second-order valence-electron chi connectivity index (χ2n) is 9.46. The third kappa shape index (κ3) is 9.87. The number of methoxy groups -OCH3 is 1. The van der Waals surface area contributed by atoms with Gasteiger partial charge in [-0.25, -0.2) is 9.19 Å². The summed E-state index contributed by atoms with van der Waals surface area (Å²) < 4.78 is 71.9. The van der Waals surface area contributed by atoms with Gasteiger partial charge in [0, 0.05) is 56.0 Å². The van der Waals surface area contributed by atoms with E-state index in [4.69, 9.17) is 9.29 Å². The molecule has 0 spiro atoms. The Labute approximate surface area is 271 Å². The van der Waals surface area contributed by atoms with Crippen LogP contribution in [0.5, 0.6) is 0 Å². The second kappa shape index (κ2) is 16.9. The minimum Gasteiger partial charge on any atom is -0.385 e. The average molecular weight is 689 g/mol. The lowest BCUT2D eigenvalue weighted by Gasteiger charge is -2.22. The van der Waals surface area contributed by atoms with Crippen molar-refractivity contribution < 1.29 is 30.7 Å². The van der Waals surface area contributed by atoms with Crippen LogP contribution < -0.4 is 10.2 Å². The van der Waals surface area contributed by atoms with Crippen molar-refractivity contribution in [3.05, 3.63) is 65.6 Å². The highest BCUT2D eigenvalue weighted by atomic mass is 32.2. The standard InChI is InChI=1S/C28H32N8O7S3/c1-5-44(37)16-14-36(3)28-23(18-29)19(2)26(27(31-28)30-13-6-15-43-4)35-34-24-12-9-21(17-25(24)46(40,41)42)33-32-20-7-10-22(11-8-20)45(38)39/h5,7-12,17H,1,6,13-16H2,2-4H3,(H,30,31)(H,38,39)(H,40,41,42). The molecule has 0 fully saturated rings. The zero-order valence-electron chi connectivity index (χ0n) is 25.2. The van der Waals surface area contributed by atoms with Crippen molar-refractivity contribution in [1.82, 2.24) is 4.98 Å². The quantitative estimate of drug-likeness (QED) is 0.0717. The van der Waals surface area contributed by atoms with Crippen LogP contribution in [-0.4, -0.2) is 70.5 Å². The maximum Gasteiger partial charge on any atom is 0.296 e. The molecular formula is C28H32N8O7S3. The Morgan fingerprint density at radius 3 is 2.41 bits per heavy atom. The van der Waals surface area contributed by atoms with Crippen LogP contribution in [0.2, 0.25) is 0 Å². The van der Waals surface area contributed by atoms with Gasteiger partial charge in [-0.1, -0.05) is 6.58 Å². The Kier molecular flexibility index (Phi) is 13.3. The Morgan fingerprint density at radius 1 is 1.13 bits per heavy atom. The third-order valence-corrected chi connectivity index (χ3v) is 8.81. The Bertz CT molecular complexity index is 1830. The van der Waals surface area contributed by atoms with Crippen LogP contribution in [0.3, 0.4) is 0 Å². The topological polar surface area (TPSA) is 219 Å². The van der Waals surface area contributed by atoms with Gasteiger partial charge in [0.1, 0.15) is 28.2 Å². The van der Waals surface area contributed by atoms with Crippen molar-refractivity contribution in [3.8, 4) is 6.07 Å². The van der Waals surface area contributed by atoms with Crippen LogP contribution in [0.15, 0.2) is 84.7 Å². The molecule has 0 bridgehead atoms. The summed E-state index contributed by atoms with van der Waals surface area (Å²) in [6.07, 6.45) is 0.616. The summed E-state index contributed by atoms with van der Waals surface area (Å²) >= 11 is -2.15. The summed E-state index contributed by atoms with van der Waals surface area (Å²) in [5.74, 6) is 0.857. The highest BCUT2D eigenvalue weighted by Crippen LogP contribution is 2.37. The van der Waals surface area contributed by atoms with E-state index in [9.17, 15) is 26.7 Å². The molecule has 2 unspecified atom stereocenters. The van der Waals surface area contributed by atoms with Gasteiger partial charge in [-0.2, -0.15) is 23.9 Å². The first kappa shape index (κ1) is 36.2. The molecule has 1 heterocycles. The fraction of sp³-hybridized carbons (Fsp3) is 0.286. The minimum atomic E-state index is -4.80. The zero-order chi connectivity index (χ0) is 33.9. The minimum absolute atomic E-state index is 0.0660. The summed E-state index contributed by atoms with van der Waals surface area (Å²) in [7, 11) is -2.77. The van der Waals surface area contributed by atoms with Crippen LogP contribution in [0.1, 0.15) is 17.5 Å². The molecule has 0 radical (unpaired) electrons. The largest absolute Gasteiger partial charge is 0.385 e. The molecule has 2 aromatic carbocycles. The molecule has 0 aliphatic heterocycles. The smallest absolute Gasteiger partial charge is 0.296 e. The SMILES string of the molecule is C=CS(=O)CCN(C)c1nc(NCCCOC)c(N=Nc2ccc(N=Nc3ccc(S(=O)O)cc3)cc2S(=O)(=O)O)c(C)c1C#N. The van der Waals surface area contributed by atoms with Crippen LogP contribution in [0.25, 0.3) is 0 Å². The molecule has 3 rings (SSSR count). The maximum absolute atomic E-state index is 12.3. The first-order valence-electron chi connectivity index (χ1n) is 13.4. The first-order chi connectivity index (χ1) is 21.9. The van der Waals surface area contributed by atoms with Crippen LogP contribution >= 0.6 is 0 Å². The number of rotatable bonds is 16. The molecule has 0 amide bonds. The summed E-state index contributed by atoms with van der Waals surface area (Å²) in [6.45, 7) is 6.38. The fourth-order valence-electron chi connectivity index (χ4n) is 3.88. The van der Waals surface area contributed by atoms with E-state index >= 15 is 0 Å². The number of anilines is 2. The lowest BCUT2D eigenvalue weighted by atomic mass is 10.1. The zero-order valence-corrected chi connectivity index (χ0v) is 27.6. The van der Waals surface area contributed by atoms with Crippen molar-refractivity contribution in [2.45, 2.75) is 23.1 Å². The van der Waals surface area contributed by atoms with E-state index in [0.29, 0.717) is 43.2 Å². The Morgan fingerprint density at radius 2 is 1.80 bits per heavy atom. The van der Waals surface area contributed by atoms with Crippen molar-refractivity contribution in [3.63, 3.8) is 0 Å². The van der Waals surface area contributed by atoms with Gasteiger partial charge in [0.2, 0.25) is 0 Å². The van der Waals surface area contributed by atoms with Crippen molar-refractivity contribution in [2.75, 3.05) is 49.8 Å². The van der Waals surface area contributed by atoms with Crippen molar-refractivity contribution in [2.24, 2.45) is 20.5 Å². The van der Waals surface area contributed by atoms with Crippen molar-refractivity contribution in [1.29, 1.82) is 5.26 Å². The lowest BCUT2D eigenvalue weighted by molar-refractivity contribution is 0.198. The summed E-state index contributed by atoms with van der Waals surface area (Å²) in [6, 6.07) is 11.6. The molecule has 1 aromatic heterocycles. The molecule has 46 heavy (non-hydrogen) atoms. The second-order valence-corrected chi connectivity index (χ2v) is 13.3. The summed E-state index contributed by atoms with van der Waals surface area (Å²) in [5, 5.41) is 30.8. The van der Waals surface area contributed by atoms with Crippen molar-refractivity contribution >= 4 is 66.4 Å². The Hall–Kier alpha value is -4.25. The molecule has 0 aliphatic carbocycles. The number of hydrogen-bond acceptors (Lipinski definition) is 13. The van der Waals surface area contributed by atoms with Gasteiger partial charge in [-0.05, 0) is 61.2 Å². The number of benzene rings is 2. The fourth-order valence-corrected chi connectivity index (χ4v) is 5.51. The summed E-state index contributed by atoms with van der Waals surface area (Å²) in [5.41, 5.74) is 0.933. The molecule has 3 N–H and O–H groups in total. The molecule has 3 aromatic rings. The van der Waals surface area contributed by atoms with Gasteiger partial charge in [0.15, 0.2) is 16.9 Å². The monoisotopic (exact) mass is 688 g/mol. The molecule has 18 heteroatoms. The number of aromatic nitrogens is 1. The van der Waals surface area contributed by atoms with Crippen LogP contribution in [-0.2, 0) is 36.7 Å². The van der Waals surface area contributed by atoms with E-state index in [0.717, 1.165) is 6.07 Å². The predicted molar refractivity (Wildman–Crippen MR) is 175 cm³/mol. The number of nitriles is 1. The van der Waals surface area contributed by atoms with Gasteiger partial charge in [0.25, 0.3) is 10.1 Å². The van der Waals surface area contributed by atoms with E-state index < -0.39 is 36.9 Å². The first-order valence-corrected chi connectivity index (χ1v) is 17.4. The molecule has 0 saturated carbocycles. The van der Waals surface area contributed by atoms with E-state index in [1.165, 1.54) is 41.8 Å². The van der Waals surface area contributed by atoms with E-state index in [-0.39, 0.29) is 39.1 Å². The van der Waals surface area contributed by atoms with Gasteiger partial charge < -0.3 is 19.5 Å². The third-order valence-electron chi connectivity index (χ3n) is 6.30. The molecular weight excluding hydrogens is 657 g/mol. The number of ether oxygens (including phenoxy) is 1. The number of hydrogen-bond donors (Lipinski definition) is 3. The average Bonchev–Trinajstić information content (AvgIpc) is 3.03. The normalized spacial score (nSPS) is 13.0. The molecule has 0 saturated heterocycles. The lowest BCUT2D eigenvalue weighted by Crippen LogP contribution is -2.25. The predicted octanol–water partition coefficient (Wildman–Crippen LogP) is 5.70. The molecule has 244 valence electrons. The highest BCUT2D eigenvalue weighted by molar-refractivity contribution is 7.88. The van der Waals surface area contributed by atoms with Crippen LogP contribution in [0.4, 0.5) is 34.4 Å². The number of pyridine rings is 1. The van der Waals surface area contributed by atoms with Crippen LogP contribution in [0, 0.1) is 18.3 Å². The van der Waals surface area contributed by atoms with Gasteiger partial charge in [0.05, 0.1) is 21.8 Å². The van der Waals surface area contributed by atoms with E-state index in [1.54, 1.807) is 26.0 Å². The Balaban J connectivity index is 2.03. The number of nitrogens with zero attached hydrogens (tertiary/aromatic N) is 7. The molecule has 15 nitrogen and oxygen atoms in total. The highest BCUT2D eigenvalue weighted by Gasteiger charge is 2.21. The van der Waals surface area contributed by atoms with Gasteiger partial charge in [-0.3, -0.25) is 8.76 Å². The molecule has 2 atom stereocenters.